The van der Waals surface area contributed by atoms with Crippen LogP contribution in [0.4, 0.5) is 0 Å². The van der Waals surface area contributed by atoms with Crippen molar-refractivity contribution in [2.75, 3.05) is 0 Å². The maximum absolute atomic E-state index is 12.5. The first-order valence-electron chi connectivity index (χ1n) is 16.1. The second-order valence-electron chi connectivity index (χ2n) is 11.9. The third-order valence-electron chi connectivity index (χ3n) is 8.51. The summed E-state index contributed by atoms with van der Waals surface area (Å²) in [5.41, 5.74) is -0.723. The van der Waals surface area contributed by atoms with Gasteiger partial charge in [0.15, 0.2) is 0 Å². The molecule has 0 bridgehead atoms. The molecule has 0 aliphatic heterocycles. The van der Waals surface area contributed by atoms with Crippen molar-refractivity contribution in [3.05, 3.63) is 155 Å². The molecular formula is C42H26O14. The Hall–Kier alpha value is -8.26. The Morgan fingerprint density at radius 2 is 0.393 bits per heavy atom. The van der Waals surface area contributed by atoms with Crippen LogP contribution in [0.3, 0.4) is 0 Å². The lowest BCUT2D eigenvalue weighted by molar-refractivity contribution is -0.132. The van der Waals surface area contributed by atoms with Gasteiger partial charge in [-0.05, 0) is 44.5 Å². The summed E-state index contributed by atoms with van der Waals surface area (Å²) in [6.07, 6.45) is 0. The molecule has 0 amide bonds. The van der Waals surface area contributed by atoms with Gasteiger partial charge in [-0.25, -0.2) is 28.8 Å². The Kier molecular flexibility index (Phi) is 11.3. The Balaban J connectivity index is 1.50. The van der Waals surface area contributed by atoms with Crippen molar-refractivity contribution >= 4 is 69.7 Å². The first-order chi connectivity index (χ1) is 26.6. The van der Waals surface area contributed by atoms with Gasteiger partial charge < -0.3 is 30.6 Å². The molecule has 0 aliphatic carbocycles. The molecule has 14 heteroatoms. The van der Waals surface area contributed by atoms with Crippen LogP contribution in [-0.4, -0.2) is 78.0 Å². The standard InChI is InChI=1S/C42H26O14/c43-35(41(53)54)29-17-5-23(6-18-29)21-1-9-25(10-2-21)31(37(45)46)33(39(49)50)27-13-15-28(16-14-27)34(40(51)52)32(38(47)48)26-11-3-22(4-12-26)24-7-19-30(20-8-24)36(44)42(55)56/h1-20H,(H,45,46)(H,47,48)(H,49,50)(H,51,52)(H,53,54)(H,55,56)/b33-31-,34-32-. The van der Waals surface area contributed by atoms with E-state index in [0.717, 1.165) is 24.3 Å². The number of aliphatic carboxylic acids is 6. The van der Waals surface area contributed by atoms with Gasteiger partial charge in [0.2, 0.25) is 0 Å². The highest BCUT2D eigenvalue weighted by molar-refractivity contribution is 6.40. The van der Waals surface area contributed by atoms with Gasteiger partial charge in [0.05, 0.1) is 22.3 Å². The lowest BCUT2D eigenvalue weighted by Gasteiger charge is -2.13. The number of carboxylic acids is 6. The number of carboxylic acid groups (broad SMARTS) is 6. The summed E-state index contributed by atoms with van der Waals surface area (Å²) < 4.78 is 0. The van der Waals surface area contributed by atoms with Crippen molar-refractivity contribution in [2.45, 2.75) is 0 Å². The van der Waals surface area contributed by atoms with Crippen LogP contribution >= 0.6 is 0 Å². The molecule has 5 rings (SSSR count). The predicted molar refractivity (Wildman–Crippen MR) is 198 cm³/mol. The van der Waals surface area contributed by atoms with E-state index in [4.69, 9.17) is 10.2 Å². The molecule has 278 valence electrons. The average molecular weight is 755 g/mol. The molecule has 6 N–H and O–H groups in total. The highest BCUT2D eigenvalue weighted by atomic mass is 16.4. The zero-order valence-corrected chi connectivity index (χ0v) is 28.5. The molecule has 5 aromatic rings. The molecule has 0 aromatic heterocycles. The lowest BCUT2D eigenvalue weighted by atomic mass is 9.90. The smallest absolute Gasteiger partial charge is 0.377 e. The van der Waals surface area contributed by atoms with Gasteiger partial charge >= 0.3 is 35.8 Å². The van der Waals surface area contributed by atoms with E-state index in [0.29, 0.717) is 22.3 Å². The Morgan fingerprint density at radius 3 is 0.554 bits per heavy atom. The van der Waals surface area contributed by atoms with E-state index in [9.17, 15) is 58.8 Å². The van der Waals surface area contributed by atoms with Crippen LogP contribution in [0.5, 0.6) is 0 Å². The summed E-state index contributed by atoms with van der Waals surface area (Å²) in [5, 5.41) is 58.5. The van der Waals surface area contributed by atoms with Crippen LogP contribution in [0.15, 0.2) is 121 Å². The summed E-state index contributed by atoms with van der Waals surface area (Å²) in [6.45, 7) is 0. The third-order valence-corrected chi connectivity index (χ3v) is 8.51. The van der Waals surface area contributed by atoms with Crippen LogP contribution in [0.1, 0.15) is 43.0 Å². The Morgan fingerprint density at radius 1 is 0.232 bits per heavy atom. The number of ketones is 2. The van der Waals surface area contributed by atoms with Crippen LogP contribution in [-0.2, 0) is 28.8 Å². The average Bonchev–Trinajstić information content (AvgIpc) is 3.18. The second-order valence-corrected chi connectivity index (χ2v) is 11.9. The van der Waals surface area contributed by atoms with Crippen molar-refractivity contribution in [2.24, 2.45) is 0 Å². The summed E-state index contributed by atoms with van der Waals surface area (Å²) in [7, 11) is 0. The van der Waals surface area contributed by atoms with Crippen LogP contribution < -0.4 is 0 Å². The van der Waals surface area contributed by atoms with Crippen LogP contribution in [0.2, 0.25) is 0 Å². The summed E-state index contributed by atoms with van der Waals surface area (Å²) in [5.74, 6) is -11.9. The van der Waals surface area contributed by atoms with Crippen molar-refractivity contribution < 1.29 is 69.0 Å². The number of carbonyl (C=O) groups excluding carboxylic acids is 2. The number of hydrogen-bond acceptors (Lipinski definition) is 8. The highest BCUT2D eigenvalue weighted by Crippen LogP contribution is 2.33. The number of benzene rings is 5. The van der Waals surface area contributed by atoms with E-state index < -0.39 is 69.7 Å². The van der Waals surface area contributed by atoms with E-state index in [1.807, 2.05) is 0 Å². The minimum absolute atomic E-state index is 0.00664. The van der Waals surface area contributed by atoms with Crippen molar-refractivity contribution in [3.63, 3.8) is 0 Å². The van der Waals surface area contributed by atoms with Gasteiger partial charge in [-0.3, -0.25) is 9.59 Å². The summed E-state index contributed by atoms with van der Waals surface area (Å²) in [6, 6.07) is 27.3. The maximum atomic E-state index is 12.5. The van der Waals surface area contributed by atoms with Gasteiger partial charge in [0.1, 0.15) is 0 Å². The Bertz CT molecular complexity index is 2330. The molecule has 0 fully saturated rings. The molecule has 56 heavy (non-hydrogen) atoms. The number of hydrogen-bond donors (Lipinski definition) is 6. The van der Waals surface area contributed by atoms with Gasteiger partial charge in [0.25, 0.3) is 11.6 Å². The van der Waals surface area contributed by atoms with Crippen molar-refractivity contribution in [1.29, 1.82) is 0 Å². The second kappa shape index (κ2) is 16.2. The fourth-order valence-electron chi connectivity index (χ4n) is 5.84. The van der Waals surface area contributed by atoms with Gasteiger partial charge in [0, 0.05) is 11.1 Å². The molecule has 0 heterocycles. The topological polar surface area (TPSA) is 258 Å². The Labute approximate surface area is 315 Å². The van der Waals surface area contributed by atoms with Crippen LogP contribution in [0, 0.1) is 0 Å². The minimum Gasteiger partial charge on any atom is -0.478 e. The van der Waals surface area contributed by atoms with Gasteiger partial charge in [-0.1, -0.05) is 121 Å². The molecule has 0 spiro atoms. The maximum Gasteiger partial charge on any atom is 0.377 e. The monoisotopic (exact) mass is 754 g/mol. The quantitative estimate of drug-likeness (QED) is 0.0343. The zero-order valence-electron chi connectivity index (χ0n) is 28.5. The molecule has 0 saturated carbocycles. The van der Waals surface area contributed by atoms with E-state index in [1.54, 1.807) is 0 Å². The fraction of sp³-hybridized carbons (Fsp3) is 0. The first-order valence-corrected chi connectivity index (χ1v) is 16.1. The SMILES string of the molecule is O=C(O)C(=O)c1ccc(-c2ccc(/C(C(=O)O)=C(/C(=O)O)c3ccc(/C(C(=O)O)=C(/C(=O)O)c4ccc(-c5ccc(C(=O)C(=O)O)cc5)cc4)cc3)cc2)cc1. The lowest BCUT2D eigenvalue weighted by Crippen LogP contribution is -2.12. The molecule has 14 nitrogen and oxygen atoms in total. The van der Waals surface area contributed by atoms with Gasteiger partial charge in [-0.2, -0.15) is 0 Å². The van der Waals surface area contributed by atoms with Gasteiger partial charge in [-0.15, -0.1) is 0 Å². The fourth-order valence-corrected chi connectivity index (χ4v) is 5.84. The predicted octanol–water partition coefficient (Wildman–Crippen LogP) is 5.72. The molecule has 0 atom stereocenters. The summed E-state index contributed by atoms with van der Waals surface area (Å²) >= 11 is 0. The highest BCUT2D eigenvalue weighted by Gasteiger charge is 2.27. The number of Topliss-reactive ketones (excluding diaryl/α,β-unsaturated/α-hetero) is 2. The third kappa shape index (κ3) is 8.19. The zero-order chi connectivity index (χ0) is 40.8. The molecule has 5 aromatic carbocycles. The first kappa shape index (κ1) is 39.0. The number of carbonyl (C=O) groups is 8. The van der Waals surface area contributed by atoms with Crippen LogP contribution in [0.25, 0.3) is 44.5 Å². The van der Waals surface area contributed by atoms with Crippen molar-refractivity contribution in [1.82, 2.24) is 0 Å². The summed E-state index contributed by atoms with van der Waals surface area (Å²) in [4.78, 5) is 95.5. The largest absolute Gasteiger partial charge is 0.478 e. The molecule has 0 saturated heterocycles. The number of rotatable bonds is 14. The normalized spacial score (nSPS) is 11.7. The molecule has 0 radical (unpaired) electrons. The van der Waals surface area contributed by atoms with E-state index in [1.165, 1.54) is 97.1 Å². The molecule has 0 unspecified atom stereocenters. The van der Waals surface area contributed by atoms with E-state index in [-0.39, 0.29) is 33.4 Å². The molecule has 0 aliphatic rings. The minimum atomic E-state index is -1.62. The van der Waals surface area contributed by atoms with Crippen molar-refractivity contribution in [3.8, 4) is 22.3 Å². The van der Waals surface area contributed by atoms with E-state index in [2.05, 4.69) is 0 Å². The van der Waals surface area contributed by atoms with E-state index >= 15 is 0 Å². The molecular weight excluding hydrogens is 728 g/mol.